The molecule has 5 nitrogen and oxygen atoms in total. The molecule has 1 aliphatic rings. The first-order valence-corrected chi connectivity index (χ1v) is 6.88. The molecule has 0 amide bonds. The highest BCUT2D eigenvalue weighted by Crippen LogP contribution is 2.38. The van der Waals surface area contributed by atoms with Crippen LogP contribution in [-0.4, -0.2) is 23.0 Å². The second kappa shape index (κ2) is 5.07. The molecule has 0 bridgehead atoms. The van der Waals surface area contributed by atoms with Crippen molar-refractivity contribution in [2.45, 2.75) is 13.5 Å². The van der Waals surface area contributed by atoms with Gasteiger partial charge in [0.2, 0.25) is 0 Å². The average molecular weight is 314 g/mol. The van der Waals surface area contributed by atoms with Crippen molar-refractivity contribution < 1.29 is 9.47 Å². The van der Waals surface area contributed by atoms with Gasteiger partial charge in [-0.05, 0) is 24.6 Å². The minimum Gasteiger partial charge on any atom is -0.486 e. The number of ether oxygens (including phenoxy) is 2. The molecule has 2 N–H and O–H groups in total. The lowest BCUT2D eigenvalue weighted by Gasteiger charge is -2.20. The summed E-state index contributed by atoms with van der Waals surface area (Å²) in [6, 6.07) is 3.70. The molecule has 0 saturated carbocycles. The first-order chi connectivity index (χ1) is 9.56. The zero-order valence-electron chi connectivity index (χ0n) is 10.8. The maximum absolute atomic E-state index is 6.20. The number of anilines is 1. The molecule has 106 valence electrons. The Hall–Kier alpha value is -1.59. The summed E-state index contributed by atoms with van der Waals surface area (Å²) in [7, 11) is 0. The number of aryl methyl sites for hydroxylation is 1. The van der Waals surface area contributed by atoms with Gasteiger partial charge in [-0.1, -0.05) is 23.2 Å². The Morgan fingerprint density at radius 1 is 1.30 bits per heavy atom. The van der Waals surface area contributed by atoms with E-state index in [1.807, 2.05) is 19.1 Å². The largest absolute Gasteiger partial charge is 0.486 e. The minimum absolute atomic E-state index is 0.440. The third-order valence-corrected chi connectivity index (χ3v) is 3.83. The smallest absolute Gasteiger partial charge is 0.179 e. The number of rotatable bonds is 2. The van der Waals surface area contributed by atoms with E-state index in [9.17, 15) is 0 Å². The number of nitrogens with zero attached hydrogens (tertiary/aromatic N) is 2. The molecular formula is C13H13Cl2N3O2. The number of hydrogen-bond donors (Lipinski definition) is 1. The highest BCUT2D eigenvalue weighted by Gasteiger charge is 2.18. The molecule has 0 spiro atoms. The maximum atomic E-state index is 6.20. The van der Waals surface area contributed by atoms with Gasteiger partial charge in [0.25, 0.3) is 0 Å². The summed E-state index contributed by atoms with van der Waals surface area (Å²) in [5.74, 6) is 1.67. The number of nitrogens with two attached hydrogens (primary N) is 1. The molecular weight excluding hydrogens is 301 g/mol. The Bertz CT molecular complexity index is 670. The normalized spacial score (nSPS) is 13.6. The third kappa shape index (κ3) is 2.27. The number of benzene rings is 1. The lowest BCUT2D eigenvalue weighted by atomic mass is 10.2. The van der Waals surface area contributed by atoms with E-state index in [0.29, 0.717) is 52.8 Å². The molecule has 7 heteroatoms. The fourth-order valence-electron chi connectivity index (χ4n) is 2.13. The van der Waals surface area contributed by atoms with Gasteiger partial charge in [-0.15, -0.1) is 0 Å². The third-order valence-electron chi connectivity index (χ3n) is 3.08. The van der Waals surface area contributed by atoms with Crippen LogP contribution >= 0.6 is 23.2 Å². The van der Waals surface area contributed by atoms with E-state index in [2.05, 4.69) is 5.10 Å². The number of hydrogen-bond acceptors (Lipinski definition) is 4. The van der Waals surface area contributed by atoms with Gasteiger partial charge in [0.05, 0.1) is 17.3 Å². The lowest BCUT2D eigenvalue weighted by molar-refractivity contribution is 0.171. The van der Waals surface area contributed by atoms with Gasteiger partial charge in [-0.2, -0.15) is 5.10 Å². The van der Waals surface area contributed by atoms with Crippen LogP contribution < -0.4 is 15.2 Å². The van der Waals surface area contributed by atoms with Crippen LogP contribution in [0.2, 0.25) is 10.0 Å². The van der Waals surface area contributed by atoms with Crippen molar-refractivity contribution >= 4 is 29.0 Å². The predicted molar refractivity (Wildman–Crippen MR) is 77.9 cm³/mol. The minimum atomic E-state index is 0.440. The summed E-state index contributed by atoms with van der Waals surface area (Å²) in [4.78, 5) is 0. The molecule has 1 aromatic carbocycles. The van der Waals surface area contributed by atoms with Crippen LogP contribution in [0.25, 0.3) is 0 Å². The van der Waals surface area contributed by atoms with Gasteiger partial charge >= 0.3 is 0 Å². The predicted octanol–water partition coefficient (Wildman–Crippen LogP) is 2.90. The molecule has 0 fully saturated rings. The molecule has 0 radical (unpaired) electrons. The van der Waals surface area contributed by atoms with Crippen molar-refractivity contribution in [1.82, 2.24) is 9.78 Å². The van der Waals surface area contributed by atoms with Crippen molar-refractivity contribution in [1.29, 1.82) is 0 Å². The molecule has 1 aromatic heterocycles. The van der Waals surface area contributed by atoms with Crippen LogP contribution in [0.4, 0.5) is 5.82 Å². The van der Waals surface area contributed by atoms with Crippen LogP contribution in [0.3, 0.4) is 0 Å². The fraction of sp³-hybridized carbons (Fsp3) is 0.308. The number of halogens is 2. The molecule has 2 aromatic rings. The number of fused-ring (bicyclic) bond motifs is 1. The molecule has 0 aliphatic carbocycles. The van der Waals surface area contributed by atoms with E-state index >= 15 is 0 Å². The fourth-order valence-corrected chi connectivity index (χ4v) is 2.55. The monoisotopic (exact) mass is 313 g/mol. The van der Waals surface area contributed by atoms with Crippen molar-refractivity contribution in [2.75, 3.05) is 18.9 Å². The van der Waals surface area contributed by atoms with Crippen LogP contribution in [-0.2, 0) is 6.54 Å². The van der Waals surface area contributed by atoms with Crippen molar-refractivity contribution in [2.24, 2.45) is 0 Å². The van der Waals surface area contributed by atoms with E-state index in [-0.39, 0.29) is 0 Å². The van der Waals surface area contributed by atoms with E-state index < -0.39 is 0 Å². The van der Waals surface area contributed by atoms with E-state index in [4.69, 9.17) is 38.4 Å². The summed E-state index contributed by atoms with van der Waals surface area (Å²) >= 11 is 12.2. The van der Waals surface area contributed by atoms with Gasteiger partial charge in [0.15, 0.2) is 11.5 Å². The van der Waals surface area contributed by atoms with E-state index in [1.54, 1.807) is 4.68 Å². The van der Waals surface area contributed by atoms with E-state index in [0.717, 1.165) is 5.56 Å². The van der Waals surface area contributed by atoms with Crippen LogP contribution in [0.1, 0.15) is 11.3 Å². The highest BCUT2D eigenvalue weighted by atomic mass is 35.5. The summed E-state index contributed by atoms with van der Waals surface area (Å²) in [5.41, 5.74) is 7.53. The molecule has 0 saturated heterocycles. The summed E-state index contributed by atoms with van der Waals surface area (Å²) in [6.45, 7) is 3.30. The zero-order chi connectivity index (χ0) is 14.3. The van der Waals surface area contributed by atoms with Gasteiger partial charge in [-0.3, -0.25) is 0 Å². The molecule has 2 heterocycles. The van der Waals surface area contributed by atoms with Crippen LogP contribution in [0.15, 0.2) is 12.1 Å². The quantitative estimate of drug-likeness (QED) is 0.926. The highest BCUT2D eigenvalue weighted by molar-refractivity contribution is 6.33. The second-order valence-corrected chi connectivity index (χ2v) is 5.33. The van der Waals surface area contributed by atoms with Crippen LogP contribution in [0, 0.1) is 6.92 Å². The Balaban J connectivity index is 1.95. The van der Waals surface area contributed by atoms with Crippen molar-refractivity contribution in [3.63, 3.8) is 0 Å². The Morgan fingerprint density at radius 2 is 2.05 bits per heavy atom. The van der Waals surface area contributed by atoms with Gasteiger partial charge in [0, 0.05) is 0 Å². The van der Waals surface area contributed by atoms with E-state index in [1.165, 1.54) is 0 Å². The molecule has 0 unspecified atom stereocenters. The molecule has 0 atom stereocenters. The molecule has 20 heavy (non-hydrogen) atoms. The first kappa shape index (κ1) is 13.4. The summed E-state index contributed by atoms with van der Waals surface area (Å²) in [6.07, 6.45) is 0. The van der Waals surface area contributed by atoms with Crippen molar-refractivity contribution in [3.05, 3.63) is 33.4 Å². The molecule has 1 aliphatic heterocycles. The lowest BCUT2D eigenvalue weighted by Crippen LogP contribution is -2.16. The Labute approximate surface area is 126 Å². The first-order valence-electron chi connectivity index (χ1n) is 6.12. The molecule has 3 rings (SSSR count). The Morgan fingerprint density at radius 3 is 2.75 bits per heavy atom. The zero-order valence-corrected chi connectivity index (χ0v) is 12.3. The van der Waals surface area contributed by atoms with Crippen LogP contribution in [0.5, 0.6) is 11.5 Å². The maximum Gasteiger partial charge on any atom is 0.179 e. The second-order valence-electron chi connectivity index (χ2n) is 4.54. The number of aromatic nitrogens is 2. The van der Waals surface area contributed by atoms with Gasteiger partial charge in [-0.25, -0.2) is 4.68 Å². The van der Waals surface area contributed by atoms with Crippen molar-refractivity contribution in [3.8, 4) is 11.5 Å². The average Bonchev–Trinajstić information content (AvgIpc) is 2.66. The topological polar surface area (TPSA) is 62.3 Å². The standard InChI is InChI=1S/C13H13Cl2N3O2/c1-7-11(15)13(16)18(17-7)6-8-4-9(14)12-10(5-8)19-2-3-20-12/h4-5H,2-3,6,16H2,1H3. The summed E-state index contributed by atoms with van der Waals surface area (Å²) < 4.78 is 12.7. The van der Waals surface area contributed by atoms with Gasteiger partial charge in [0.1, 0.15) is 24.1 Å². The Kier molecular flexibility index (Phi) is 3.40. The summed E-state index contributed by atoms with van der Waals surface area (Å²) in [5, 5.41) is 5.29. The SMILES string of the molecule is Cc1nn(Cc2cc(Cl)c3c(c2)OCCO3)c(N)c1Cl. The van der Waals surface area contributed by atoms with Gasteiger partial charge < -0.3 is 15.2 Å². The number of nitrogen functional groups attached to an aromatic ring is 1.